The van der Waals surface area contributed by atoms with Gasteiger partial charge in [0.05, 0.1) is 0 Å². The summed E-state index contributed by atoms with van der Waals surface area (Å²) in [6, 6.07) is 6.16. The van der Waals surface area contributed by atoms with E-state index in [4.69, 9.17) is 21.1 Å². The summed E-state index contributed by atoms with van der Waals surface area (Å²) in [6.45, 7) is 13.1. The number of hydrogen-bond donors (Lipinski definition) is 0. The number of benzene rings is 1. The predicted octanol–water partition coefficient (Wildman–Crippen LogP) is 6.98. The summed E-state index contributed by atoms with van der Waals surface area (Å²) < 4.78 is 54.0. The van der Waals surface area contributed by atoms with E-state index in [1.807, 2.05) is 0 Å². The predicted molar refractivity (Wildman–Crippen MR) is 129 cm³/mol. The Balaban J connectivity index is 2.57. The maximum atomic E-state index is 14.3. The van der Waals surface area contributed by atoms with Gasteiger partial charge in [-0.1, -0.05) is 37.3 Å². The highest BCUT2D eigenvalue weighted by Gasteiger charge is 2.65. The molecule has 0 saturated heterocycles. The molecule has 8 heteroatoms. The monoisotopic (exact) mass is 514 g/mol. The standard InChI is InChI=1S/C27H34ClF3O4/c1-23(2,3)34-21(32)26(22(33)35-24(4,5)6)15-20(25(7,8)16-26)19(27(29,30)31)14-11-17-9-12-18(28)13-10-17/h9-10,12-13,19-20H,15-16H2,1-8H3. The zero-order chi connectivity index (χ0) is 27.0. The molecule has 2 unspecified atom stereocenters. The zero-order valence-electron chi connectivity index (χ0n) is 21.5. The minimum absolute atomic E-state index is 0.149. The van der Waals surface area contributed by atoms with Crippen molar-refractivity contribution in [1.82, 2.24) is 0 Å². The molecular weight excluding hydrogens is 481 g/mol. The van der Waals surface area contributed by atoms with Crippen molar-refractivity contribution in [2.75, 3.05) is 0 Å². The van der Waals surface area contributed by atoms with Gasteiger partial charge < -0.3 is 9.47 Å². The molecule has 0 aliphatic heterocycles. The van der Waals surface area contributed by atoms with E-state index >= 15 is 0 Å². The fourth-order valence-electron chi connectivity index (χ4n) is 4.45. The Morgan fingerprint density at radius 3 is 1.83 bits per heavy atom. The van der Waals surface area contributed by atoms with Crippen LogP contribution in [0.3, 0.4) is 0 Å². The lowest BCUT2D eigenvalue weighted by Gasteiger charge is -2.33. The largest absolute Gasteiger partial charge is 0.459 e. The van der Waals surface area contributed by atoms with Crippen molar-refractivity contribution < 1.29 is 32.2 Å². The number of carbonyl (C=O) groups is 2. The van der Waals surface area contributed by atoms with Crippen molar-refractivity contribution in [3.63, 3.8) is 0 Å². The number of rotatable bonds is 3. The summed E-state index contributed by atoms with van der Waals surface area (Å²) in [6.07, 6.45) is -5.22. The molecule has 2 atom stereocenters. The SMILES string of the molecule is CC(C)(C)OC(=O)C1(C(=O)OC(C)(C)C)CC(C(C#Cc2ccc(Cl)cc2)C(F)(F)F)C(C)(C)C1. The molecule has 0 radical (unpaired) electrons. The van der Waals surface area contributed by atoms with E-state index < -0.39 is 52.0 Å². The van der Waals surface area contributed by atoms with Gasteiger partial charge in [-0.05, 0) is 90.0 Å². The Hall–Kier alpha value is -2.20. The smallest absolute Gasteiger partial charge is 0.402 e. The number of halogens is 4. The number of carbonyl (C=O) groups excluding carboxylic acids is 2. The van der Waals surface area contributed by atoms with Crippen LogP contribution < -0.4 is 0 Å². The zero-order valence-corrected chi connectivity index (χ0v) is 22.3. The van der Waals surface area contributed by atoms with Crippen LogP contribution in [-0.2, 0) is 19.1 Å². The molecule has 0 amide bonds. The average Bonchev–Trinajstić information content (AvgIpc) is 2.92. The fourth-order valence-corrected chi connectivity index (χ4v) is 4.58. The maximum absolute atomic E-state index is 14.3. The molecule has 0 aromatic heterocycles. The van der Waals surface area contributed by atoms with E-state index in [0.29, 0.717) is 10.6 Å². The van der Waals surface area contributed by atoms with E-state index in [2.05, 4.69) is 11.8 Å². The lowest BCUT2D eigenvalue weighted by molar-refractivity contribution is -0.188. The van der Waals surface area contributed by atoms with Gasteiger partial charge in [0.1, 0.15) is 17.1 Å². The van der Waals surface area contributed by atoms with Gasteiger partial charge in [0.25, 0.3) is 0 Å². The Morgan fingerprint density at radius 1 is 0.971 bits per heavy atom. The van der Waals surface area contributed by atoms with Crippen LogP contribution >= 0.6 is 11.6 Å². The van der Waals surface area contributed by atoms with Gasteiger partial charge in [0, 0.05) is 10.6 Å². The van der Waals surface area contributed by atoms with Crippen molar-refractivity contribution in [2.45, 2.75) is 85.6 Å². The van der Waals surface area contributed by atoms with Crippen LogP contribution in [0.15, 0.2) is 24.3 Å². The van der Waals surface area contributed by atoms with Crippen LogP contribution in [0.4, 0.5) is 13.2 Å². The van der Waals surface area contributed by atoms with Crippen LogP contribution in [-0.4, -0.2) is 29.3 Å². The highest BCUT2D eigenvalue weighted by atomic mass is 35.5. The molecule has 1 aromatic carbocycles. The minimum Gasteiger partial charge on any atom is -0.459 e. The van der Waals surface area contributed by atoms with Gasteiger partial charge in [0.2, 0.25) is 0 Å². The molecular formula is C27H34ClF3O4. The molecule has 194 valence electrons. The van der Waals surface area contributed by atoms with Gasteiger partial charge in [-0.15, -0.1) is 0 Å². The minimum atomic E-state index is -4.68. The van der Waals surface area contributed by atoms with Gasteiger partial charge >= 0.3 is 18.1 Å². The van der Waals surface area contributed by atoms with Crippen molar-refractivity contribution in [1.29, 1.82) is 0 Å². The summed E-state index contributed by atoms with van der Waals surface area (Å²) in [5.41, 5.74) is -4.44. The Bertz CT molecular complexity index is 975. The quantitative estimate of drug-likeness (QED) is 0.248. The van der Waals surface area contributed by atoms with Crippen LogP contribution in [0, 0.1) is 34.5 Å². The summed E-state index contributed by atoms with van der Waals surface area (Å²) in [5, 5.41) is 0.444. The molecule has 35 heavy (non-hydrogen) atoms. The molecule has 0 bridgehead atoms. The van der Waals surface area contributed by atoms with Gasteiger partial charge in [0.15, 0.2) is 5.41 Å². The highest BCUT2D eigenvalue weighted by molar-refractivity contribution is 6.30. The van der Waals surface area contributed by atoms with Crippen LogP contribution in [0.25, 0.3) is 0 Å². The normalized spacial score (nSPS) is 20.4. The molecule has 1 aliphatic rings. The number of hydrogen-bond acceptors (Lipinski definition) is 4. The number of ether oxygens (including phenoxy) is 2. The molecule has 1 aromatic rings. The van der Waals surface area contributed by atoms with E-state index in [0.717, 1.165) is 0 Å². The number of alkyl halides is 3. The summed E-state index contributed by atoms with van der Waals surface area (Å²) in [7, 11) is 0. The van der Waals surface area contributed by atoms with E-state index in [-0.39, 0.29) is 12.8 Å². The molecule has 1 fully saturated rings. The molecule has 1 aliphatic carbocycles. The first-order valence-electron chi connectivity index (χ1n) is 11.5. The molecule has 0 heterocycles. The number of esters is 2. The van der Waals surface area contributed by atoms with Crippen LogP contribution in [0.1, 0.15) is 73.8 Å². The first-order chi connectivity index (χ1) is 15.7. The summed E-state index contributed by atoms with van der Waals surface area (Å²) in [5.74, 6) is 0.00979. The maximum Gasteiger partial charge on any atom is 0.402 e. The molecule has 1 saturated carbocycles. The lowest BCUT2D eigenvalue weighted by atomic mass is 9.74. The first kappa shape index (κ1) is 29.0. The van der Waals surface area contributed by atoms with E-state index in [1.165, 1.54) is 12.1 Å². The second-order valence-corrected chi connectivity index (χ2v) is 12.3. The second kappa shape index (κ2) is 9.69. The molecule has 4 nitrogen and oxygen atoms in total. The molecule has 2 rings (SSSR count). The third kappa shape index (κ3) is 7.39. The van der Waals surface area contributed by atoms with Gasteiger partial charge in [-0.3, -0.25) is 9.59 Å². The average molecular weight is 515 g/mol. The van der Waals surface area contributed by atoms with Crippen molar-refractivity contribution >= 4 is 23.5 Å². The third-order valence-electron chi connectivity index (χ3n) is 5.88. The lowest BCUT2D eigenvalue weighted by Crippen LogP contribution is -2.46. The first-order valence-corrected chi connectivity index (χ1v) is 11.8. The molecule has 0 spiro atoms. The Morgan fingerprint density at radius 2 is 1.43 bits per heavy atom. The van der Waals surface area contributed by atoms with Gasteiger partial charge in [-0.25, -0.2) is 0 Å². The van der Waals surface area contributed by atoms with E-state index in [1.54, 1.807) is 67.5 Å². The summed E-state index contributed by atoms with van der Waals surface area (Å²) in [4.78, 5) is 26.7. The Labute approximate surface area is 210 Å². The Kier molecular flexibility index (Phi) is 8.04. The molecule has 0 N–H and O–H groups in total. The van der Waals surface area contributed by atoms with E-state index in [9.17, 15) is 22.8 Å². The van der Waals surface area contributed by atoms with Crippen molar-refractivity contribution in [2.24, 2.45) is 22.7 Å². The fraction of sp³-hybridized carbons (Fsp3) is 0.630. The third-order valence-corrected chi connectivity index (χ3v) is 6.13. The topological polar surface area (TPSA) is 52.6 Å². The van der Waals surface area contributed by atoms with Crippen molar-refractivity contribution in [3.8, 4) is 11.8 Å². The second-order valence-electron chi connectivity index (χ2n) is 11.9. The summed E-state index contributed by atoms with van der Waals surface area (Å²) >= 11 is 5.85. The van der Waals surface area contributed by atoms with Crippen LogP contribution in [0.2, 0.25) is 5.02 Å². The van der Waals surface area contributed by atoms with Gasteiger partial charge in [-0.2, -0.15) is 13.2 Å². The highest BCUT2D eigenvalue weighted by Crippen LogP contribution is 2.59. The van der Waals surface area contributed by atoms with Crippen molar-refractivity contribution in [3.05, 3.63) is 34.9 Å². The van der Waals surface area contributed by atoms with Crippen LogP contribution in [0.5, 0.6) is 0 Å².